The number of hydrogen-bond donors (Lipinski definition) is 1. The lowest BCUT2D eigenvalue weighted by atomic mass is 10.2. The van der Waals surface area contributed by atoms with E-state index in [9.17, 15) is 21.6 Å². The molecule has 0 bridgehead atoms. The molecule has 5 nitrogen and oxygen atoms in total. The van der Waals surface area contributed by atoms with Crippen LogP contribution in [0, 0.1) is 11.3 Å². The zero-order chi connectivity index (χ0) is 18.0. The van der Waals surface area contributed by atoms with Gasteiger partial charge in [-0.05, 0) is 24.3 Å². The third-order valence-corrected chi connectivity index (χ3v) is 4.44. The summed E-state index contributed by atoms with van der Waals surface area (Å²) in [7, 11) is -3.20. The Bertz CT molecular complexity index is 903. The van der Waals surface area contributed by atoms with E-state index in [1.54, 1.807) is 0 Å². The fourth-order valence-electron chi connectivity index (χ4n) is 1.99. The van der Waals surface area contributed by atoms with Crippen molar-refractivity contribution in [2.75, 3.05) is 11.8 Å². The van der Waals surface area contributed by atoms with Crippen LogP contribution in [0.2, 0.25) is 0 Å². The summed E-state index contributed by atoms with van der Waals surface area (Å²) in [6, 6.07) is 9.45. The van der Waals surface area contributed by atoms with Crippen molar-refractivity contribution in [1.82, 2.24) is 0 Å². The van der Waals surface area contributed by atoms with E-state index in [4.69, 9.17) is 10.00 Å². The summed E-state index contributed by atoms with van der Waals surface area (Å²) in [5.74, 6) is 0.191. The van der Waals surface area contributed by atoms with Crippen LogP contribution in [-0.2, 0) is 16.2 Å². The third kappa shape index (κ3) is 3.78. The largest absolute Gasteiger partial charge is 0.497 e. The van der Waals surface area contributed by atoms with Crippen molar-refractivity contribution in [2.45, 2.75) is 11.1 Å². The van der Waals surface area contributed by atoms with Crippen molar-refractivity contribution in [3.63, 3.8) is 0 Å². The summed E-state index contributed by atoms with van der Waals surface area (Å²) in [6.45, 7) is 0. The molecular weight excluding hydrogens is 345 g/mol. The summed E-state index contributed by atoms with van der Waals surface area (Å²) in [5, 5.41) is 8.92. The van der Waals surface area contributed by atoms with Gasteiger partial charge in [0.1, 0.15) is 5.75 Å². The SMILES string of the molecule is COc1cc(C#N)cc(NS(=O)(=O)c2ccccc2C(F)(F)F)c1. The fraction of sp³-hybridized carbons (Fsp3) is 0.133. The zero-order valence-corrected chi connectivity index (χ0v) is 13.1. The molecule has 0 heterocycles. The second kappa shape index (κ2) is 6.41. The lowest BCUT2D eigenvalue weighted by molar-refractivity contribution is -0.139. The number of rotatable bonds is 4. The molecule has 0 atom stereocenters. The Balaban J connectivity index is 2.50. The number of hydrogen-bond acceptors (Lipinski definition) is 4. The molecule has 2 aromatic carbocycles. The maximum atomic E-state index is 13.0. The third-order valence-electron chi connectivity index (χ3n) is 3.01. The highest BCUT2D eigenvalue weighted by atomic mass is 32.2. The van der Waals surface area contributed by atoms with Gasteiger partial charge in [0.2, 0.25) is 0 Å². The Morgan fingerprint density at radius 3 is 2.42 bits per heavy atom. The van der Waals surface area contributed by atoms with Crippen LogP contribution in [0.1, 0.15) is 11.1 Å². The Morgan fingerprint density at radius 1 is 1.17 bits per heavy atom. The van der Waals surface area contributed by atoms with E-state index in [1.165, 1.54) is 31.4 Å². The smallest absolute Gasteiger partial charge is 0.417 e. The number of sulfonamides is 1. The van der Waals surface area contributed by atoms with Crippen molar-refractivity contribution in [3.8, 4) is 11.8 Å². The molecule has 1 N–H and O–H groups in total. The van der Waals surface area contributed by atoms with Gasteiger partial charge < -0.3 is 4.74 Å². The van der Waals surface area contributed by atoms with E-state index in [-0.39, 0.29) is 17.0 Å². The average Bonchev–Trinajstić information content (AvgIpc) is 2.53. The number of methoxy groups -OCH3 is 1. The van der Waals surface area contributed by atoms with Crippen LogP contribution in [0.4, 0.5) is 18.9 Å². The van der Waals surface area contributed by atoms with E-state index in [0.717, 1.165) is 12.1 Å². The number of ether oxygens (including phenoxy) is 1. The minimum absolute atomic E-state index is 0.0807. The number of alkyl halides is 3. The Hall–Kier alpha value is -2.73. The van der Waals surface area contributed by atoms with E-state index in [0.29, 0.717) is 6.07 Å². The Labute approximate surface area is 136 Å². The molecule has 0 unspecified atom stereocenters. The first-order valence-corrected chi connectivity index (χ1v) is 7.94. The van der Waals surface area contributed by atoms with Gasteiger partial charge in [-0.1, -0.05) is 12.1 Å². The summed E-state index contributed by atoms with van der Waals surface area (Å²) >= 11 is 0. The van der Waals surface area contributed by atoms with Gasteiger partial charge in [0, 0.05) is 6.07 Å². The molecule has 0 aliphatic heterocycles. The van der Waals surface area contributed by atoms with E-state index >= 15 is 0 Å². The molecule has 2 aromatic rings. The van der Waals surface area contributed by atoms with E-state index in [2.05, 4.69) is 0 Å². The van der Waals surface area contributed by atoms with Crippen molar-refractivity contribution in [1.29, 1.82) is 5.26 Å². The highest BCUT2D eigenvalue weighted by Gasteiger charge is 2.36. The normalized spacial score (nSPS) is 11.6. The molecule has 0 amide bonds. The molecule has 9 heteroatoms. The summed E-state index contributed by atoms with van der Waals surface area (Å²) in [4.78, 5) is -0.904. The van der Waals surface area contributed by atoms with E-state index < -0.39 is 26.7 Å². The van der Waals surface area contributed by atoms with Crippen molar-refractivity contribution in [2.24, 2.45) is 0 Å². The maximum absolute atomic E-state index is 13.0. The number of anilines is 1. The first kappa shape index (κ1) is 17.6. The maximum Gasteiger partial charge on any atom is 0.417 e. The average molecular weight is 356 g/mol. The molecule has 126 valence electrons. The Kier molecular flexibility index (Phi) is 4.71. The monoisotopic (exact) mass is 356 g/mol. The zero-order valence-electron chi connectivity index (χ0n) is 12.3. The molecule has 0 saturated heterocycles. The molecule has 0 aliphatic carbocycles. The van der Waals surface area contributed by atoms with Gasteiger partial charge in [0.05, 0.1) is 34.9 Å². The summed E-state index contributed by atoms with van der Waals surface area (Å²) in [6.07, 6.45) is -4.82. The van der Waals surface area contributed by atoms with Crippen LogP contribution in [0.25, 0.3) is 0 Å². The molecule has 0 aliphatic rings. The van der Waals surface area contributed by atoms with Crippen molar-refractivity contribution in [3.05, 3.63) is 53.6 Å². The van der Waals surface area contributed by atoms with Gasteiger partial charge in [-0.15, -0.1) is 0 Å². The number of nitriles is 1. The fourth-order valence-corrected chi connectivity index (χ4v) is 3.25. The first-order valence-electron chi connectivity index (χ1n) is 6.45. The molecule has 0 fully saturated rings. The van der Waals surface area contributed by atoms with Crippen molar-refractivity contribution < 1.29 is 26.3 Å². The van der Waals surface area contributed by atoms with E-state index in [1.807, 2.05) is 10.8 Å². The summed E-state index contributed by atoms with van der Waals surface area (Å²) < 4.78 is 70.6. The van der Waals surface area contributed by atoms with Gasteiger partial charge in [0.15, 0.2) is 0 Å². The molecule has 24 heavy (non-hydrogen) atoms. The number of nitrogens with one attached hydrogen (secondary N) is 1. The van der Waals surface area contributed by atoms with Crippen LogP contribution in [0.3, 0.4) is 0 Å². The molecule has 0 spiro atoms. The summed E-state index contributed by atoms with van der Waals surface area (Å²) in [5.41, 5.74) is -1.26. The molecule has 0 aromatic heterocycles. The number of nitrogens with zero attached hydrogens (tertiary/aromatic N) is 1. The standard InChI is InChI=1S/C15H11F3N2O3S/c1-23-12-7-10(9-19)6-11(8-12)20-24(21,22)14-5-3-2-4-13(14)15(16,17)18/h2-8,20H,1H3. The second-order valence-electron chi connectivity index (χ2n) is 4.66. The minimum atomic E-state index is -4.82. The second-order valence-corrected chi connectivity index (χ2v) is 6.31. The van der Waals surface area contributed by atoms with Crippen LogP contribution < -0.4 is 9.46 Å². The van der Waals surface area contributed by atoms with Crippen LogP contribution in [-0.4, -0.2) is 15.5 Å². The lowest BCUT2D eigenvalue weighted by Gasteiger charge is -2.14. The van der Waals surface area contributed by atoms with Crippen LogP contribution in [0.5, 0.6) is 5.75 Å². The highest BCUT2D eigenvalue weighted by molar-refractivity contribution is 7.92. The van der Waals surface area contributed by atoms with Gasteiger partial charge in [-0.3, -0.25) is 4.72 Å². The predicted molar refractivity (Wildman–Crippen MR) is 80.0 cm³/mol. The quantitative estimate of drug-likeness (QED) is 0.911. The molecule has 2 rings (SSSR count). The number of halogens is 3. The molecule has 0 radical (unpaired) electrons. The van der Waals surface area contributed by atoms with Gasteiger partial charge in [-0.25, -0.2) is 8.42 Å². The molecular formula is C15H11F3N2O3S. The number of benzene rings is 2. The van der Waals surface area contributed by atoms with Gasteiger partial charge in [0.25, 0.3) is 10.0 Å². The Morgan fingerprint density at radius 2 is 1.83 bits per heavy atom. The topological polar surface area (TPSA) is 79.2 Å². The van der Waals surface area contributed by atoms with Gasteiger partial charge in [-0.2, -0.15) is 18.4 Å². The lowest BCUT2D eigenvalue weighted by Crippen LogP contribution is -2.19. The molecule has 0 saturated carbocycles. The highest BCUT2D eigenvalue weighted by Crippen LogP contribution is 2.34. The predicted octanol–water partition coefficient (Wildman–Crippen LogP) is 3.39. The van der Waals surface area contributed by atoms with Gasteiger partial charge >= 0.3 is 6.18 Å². The first-order chi connectivity index (χ1) is 11.2. The van der Waals surface area contributed by atoms with Crippen LogP contribution in [0.15, 0.2) is 47.4 Å². The minimum Gasteiger partial charge on any atom is -0.497 e. The van der Waals surface area contributed by atoms with Crippen molar-refractivity contribution >= 4 is 15.7 Å². The van der Waals surface area contributed by atoms with Crippen LogP contribution >= 0.6 is 0 Å².